The topological polar surface area (TPSA) is 57.6 Å². The molecule has 1 saturated heterocycles. The van der Waals surface area contributed by atoms with Crippen molar-refractivity contribution in [2.24, 2.45) is 0 Å². The predicted octanol–water partition coefficient (Wildman–Crippen LogP) is 5.66. The van der Waals surface area contributed by atoms with E-state index in [9.17, 15) is 14.7 Å². The first-order valence-corrected chi connectivity index (χ1v) is 10.6. The first-order valence-electron chi connectivity index (χ1n) is 9.80. The minimum absolute atomic E-state index is 0.0441. The number of Topliss-reactive ketones (excluding diaryl/α,β-unsaturated/α-hetero) is 1. The summed E-state index contributed by atoms with van der Waals surface area (Å²) in [4.78, 5) is 27.5. The second-order valence-corrected chi connectivity index (χ2v) is 8.08. The molecule has 1 unspecified atom stereocenters. The second kappa shape index (κ2) is 8.96. The van der Waals surface area contributed by atoms with Gasteiger partial charge in [0.2, 0.25) is 0 Å². The van der Waals surface area contributed by atoms with Gasteiger partial charge in [0.1, 0.15) is 5.76 Å². The molecule has 1 amide bonds. The summed E-state index contributed by atoms with van der Waals surface area (Å²) in [7, 11) is 0. The number of hydrogen-bond donors (Lipinski definition) is 1. The molecule has 0 aliphatic carbocycles. The molecule has 4 rings (SSSR count). The molecule has 156 valence electrons. The van der Waals surface area contributed by atoms with E-state index in [1.54, 1.807) is 42.5 Å². The number of hydrogen-bond acceptors (Lipinski definition) is 3. The molecule has 1 aliphatic heterocycles. The van der Waals surface area contributed by atoms with E-state index in [1.165, 1.54) is 4.90 Å². The van der Waals surface area contributed by atoms with E-state index in [4.69, 9.17) is 23.2 Å². The first kappa shape index (κ1) is 21.2. The molecule has 6 heteroatoms. The highest BCUT2D eigenvalue weighted by molar-refractivity contribution is 6.46. The first-order chi connectivity index (χ1) is 15.0. The summed E-state index contributed by atoms with van der Waals surface area (Å²) < 4.78 is 0. The number of likely N-dealkylation sites (tertiary alicyclic amines) is 1. The van der Waals surface area contributed by atoms with E-state index in [0.717, 1.165) is 5.56 Å². The van der Waals surface area contributed by atoms with Crippen molar-refractivity contribution < 1.29 is 14.7 Å². The largest absolute Gasteiger partial charge is 0.507 e. The van der Waals surface area contributed by atoms with Crippen molar-refractivity contribution in [1.29, 1.82) is 0 Å². The van der Waals surface area contributed by atoms with Gasteiger partial charge in [-0.1, -0.05) is 89.9 Å². The van der Waals surface area contributed by atoms with Gasteiger partial charge in [-0.2, -0.15) is 0 Å². The highest BCUT2D eigenvalue weighted by Crippen LogP contribution is 2.40. The molecule has 0 spiro atoms. The summed E-state index contributed by atoms with van der Waals surface area (Å²) in [6.45, 7) is 0.311. The molecule has 3 aromatic carbocycles. The standard InChI is InChI=1S/C25H19Cl2NO3/c26-19-12-11-18(15-20(19)27)22-21(23(29)17-9-5-2-6-10-17)24(30)25(31)28(22)14-13-16-7-3-1-4-8-16/h1-12,15,22,29H,13-14H2. The maximum atomic E-state index is 13.0. The number of rotatable bonds is 5. The summed E-state index contributed by atoms with van der Waals surface area (Å²) in [5.74, 6) is -1.58. The lowest BCUT2D eigenvalue weighted by atomic mass is 9.95. The lowest BCUT2D eigenvalue weighted by Gasteiger charge is -2.25. The number of nitrogens with zero attached hydrogens (tertiary/aromatic N) is 1. The summed E-state index contributed by atoms with van der Waals surface area (Å²) >= 11 is 12.3. The van der Waals surface area contributed by atoms with Crippen LogP contribution in [-0.2, 0) is 16.0 Å². The maximum Gasteiger partial charge on any atom is 0.295 e. The molecule has 1 N–H and O–H groups in total. The summed E-state index contributed by atoms with van der Waals surface area (Å²) in [5, 5.41) is 11.7. The van der Waals surface area contributed by atoms with E-state index in [-0.39, 0.29) is 11.3 Å². The van der Waals surface area contributed by atoms with Crippen LogP contribution in [0.25, 0.3) is 5.76 Å². The average molecular weight is 452 g/mol. The summed E-state index contributed by atoms with van der Waals surface area (Å²) in [6.07, 6.45) is 0.567. The number of carbonyl (C=O) groups excluding carboxylic acids is 2. The van der Waals surface area contributed by atoms with Crippen LogP contribution in [0.2, 0.25) is 10.0 Å². The van der Waals surface area contributed by atoms with E-state index in [0.29, 0.717) is 34.1 Å². The Labute approximate surface area is 190 Å². The van der Waals surface area contributed by atoms with Crippen LogP contribution >= 0.6 is 23.2 Å². The van der Waals surface area contributed by atoms with Crippen molar-refractivity contribution >= 4 is 40.7 Å². The van der Waals surface area contributed by atoms with E-state index in [2.05, 4.69) is 0 Å². The smallest absolute Gasteiger partial charge is 0.295 e. The van der Waals surface area contributed by atoms with Gasteiger partial charge in [-0.05, 0) is 29.7 Å². The van der Waals surface area contributed by atoms with Gasteiger partial charge in [-0.25, -0.2) is 0 Å². The Kier molecular flexibility index (Phi) is 6.12. The zero-order valence-corrected chi connectivity index (χ0v) is 18.0. The Balaban J connectivity index is 1.80. The van der Waals surface area contributed by atoms with Crippen molar-refractivity contribution in [2.75, 3.05) is 6.54 Å². The van der Waals surface area contributed by atoms with Gasteiger partial charge in [0.25, 0.3) is 11.7 Å². The third-order valence-electron chi connectivity index (χ3n) is 5.33. The van der Waals surface area contributed by atoms with Crippen LogP contribution in [0, 0.1) is 0 Å². The fourth-order valence-corrected chi connectivity index (χ4v) is 4.09. The fraction of sp³-hybridized carbons (Fsp3) is 0.120. The Morgan fingerprint density at radius 3 is 2.16 bits per heavy atom. The monoisotopic (exact) mass is 451 g/mol. The Bertz CT molecular complexity index is 1160. The molecule has 31 heavy (non-hydrogen) atoms. The number of aliphatic hydroxyl groups is 1. The Morgan fingerprint density at radius 2 is 1.52 bits per heavy atom. The van der Waals surface area contributed by atoms with E-state index < -0.39 is 17.7 Å². The van der Waals surface area contributed by atoms with Crippen LogP contribution in [0.3, 0.4) is 0 Å². The molecule has 1 fully saturated rings. The maximum absolute atomic E-state index is 13.0. The van der Waals surface area contributed by atoms with Crippen molar-refractivity contribution in [1.82, 2.24) is 4.90 Å². The number of halogens is 2. The Morgan fingerprint density at radius 1 is 0.871 bits per heavy atom. The summed E-state index contributed by atoms with van der Waals surface area (Å²) in [5.41, 5.74) is 2.16. The van der Waals surface area contributed by atoms with Crippen LogP contribution in [0.5, 0.6) is 0 Å². The molecule has 0 radical (unpaired) electrons. The van der Waals surface area contributed by atoms with E-state index in [1.807, 2.05) is 36.4 Å². The number of carbonyl (C=O) groups is 2. The molecule has 3 aromatic rings. The highest BCUT2D eigenvalue weighted by Gasteiger charge is 2.45. The molecular formula is C25H19Cl2NO3. The molecular weight excluding hydrogens is 433 g/mol. The normalized spacial score (nSPS) is 17.9. The van der Waals surface area contributed by atoms with Crippen molar-refractivity contribution in [3.05, 3.63) is 111 Å². The quantitative estimate of drug-likeness (QED) is 0.309. The van der Waals surface area contributed by atoms with E-state index >= 15 is 0 Å². The number of amides is 1. The number of benzene rings is 3. The highest BCUT2D eigenvalue weighted by atomic mass is 35.5. The van der Waals surface area contributed by atoms with Crippen LogP contribution in [0.4, 0.5) is 0 Å². The van der Waals surface area contributed by atoms with Crippen molar-refractivity contribution in [3.8, 4) is 0 Å². The lowest BCUT2D eigenvalue weighted by Crippen LogP contribution is -2.31. The molecule has 1 atom stereocenters. The molecule has 4 nitrogen and oxygen atoms in total. The van der Waals surface area contributed by atoms with Crippen LogP contribution in [0.15, 0.2) is 84.4 Å². The predicted molar refractivity (Wildman–Crippen MR) is 122 cm³/mol. The zero-order valence-electron chi connectivity index (χ0n) is 16.5. The van der Waals surface area contributed by atoms with Crippen LogP contribution < -0.4 is 0 Å². The Hall–Kier alpha value is -3.08. The molecule has 0 bridgehead atoms. The van der Waals surface area contributed by atoms with Crippen LogP contribution in [0.1, 0.15) is 22.7 Å². The number of ketones is 1. The third kappa shape index (κ3) is 4.22. The van der Waals surface area contributed by atoms with Gasteiger partial charge < -0.3 is 10.0 Å². The van der Waals surface area contributed by atoms with Crippen molar-refractivity contribution in [3.63, 3.8) is 0 Å². The van der Waals surface area contributed by atoms with Gasteiger partial charge in [0.15, 0.2) is 0 Å². The molecule has 0 aromatic heterocycles. The minimum Gasteiger partial charge on any atom is -0.507 e. The third-order valence-corrected chi connectivity index (χ3v) is 6.07. The lowest BCUT2D eigenvalue weighted by molar-refractivity contribution is -0.139. The number of aliphatic hydroxyl groups excluding tert-OH is 1. The van der Waals surface area contributed by atoms with Crippen molar-refractivity contribution in [2.45, 2.75) is 12.5 Å². The minimum atomic E-state index is -0.765. The van der Waals surface area contributed by atoms with Gasteiger partial charge in [0, 0.05) is 12.1 Å². The SMILES string of the molecule is O=C1C(=O)N(CCc2ccccc2)C(c2ccc(Cl)c(Cl)c2)C1=C(O)c1ccccc1. The average Bonchev–Trinajstić information content (AvgIpc) is 3.05. The second-order valence-electron chi connectivity index (χ2n) is 7.27. The van der Waals surface area contributed by atoms with Gasteiger partial charge in [0.05, 0.1) is 21.7 Å². The summed E-state index contributed by atoms with van der Waals surface area (Å²) in [6, 6.07) is 22.6. The molecule has 1 heterocycles. The van der Waals surface area contributed by atoms with Gasteiger partial charge >= 0.3 is 0 Å². The zero-order chi connectivity index (χ0) is 22.0. The van der Waals surface area contributed by atoms with Crippen LogP contribution in [-0.4, -0.2) is 28.2 Å². The van der Waals surface area contributed by atoms with Gasteiger partial charge in [-0.15, -0.1) is 0 Å². The van der Waals surface area contributed by atoms with Gasteiger partial charge in [-0.3, -0.25) is 9.59 Å². The molecule has 1 aliphatic rings. The fourth-order valence-electron chi connectivity index (χ4n) is 3.79. The molecule has 0 saturated carbocycles.